The van der Waals surface area contributed by atoms with Crippen LogP contribution in [0.25, 0.3) is 0 Å². The number of rotatable bonds is 4. The smallest absolute Gasteiger partial charge is 0.273 e. The predicted molar refractivity (Wildman–Crippen MR) is 79.7 cm³/mol. The second-order valence-electron chi connectivity index (χ2n) is 4.89. The largest absolute Gasteiger partial charge is 0.490 e. The zero-order valence-corrected chi connectivity index (χ0v) is 12.0. The van der Waals surface area contributed by atoms with Gasteiger partial charge in [0.25, 0.3) is 5.69 Å². The van der Waals surface area contributed by atoms with Gasteiger partial charge in [0.2, 0.25) is 0 Å². The molecule has 0 saturated carbocycles. The van der Waals surface area contributed by atoms with E-state index in [1.165, 1.54) is 18.2 Å². The molecule has 1 heterocycles. The Morgan fingerprint density at radius 2 is 2.04 bits per heavy atom. The van der Waals surface area contributed by atoms with Gasteiger partial charge in [-0.3, -0.25) is 10.1 Å². The van der Waals surface area contributed by atoms with Crippen molar-refractivity contribution in [2.45, 2.75) is 6.10 Å². The molecule has 1 unspecified atom stereocenters. The number of nitriles is 1. The Labute approximate surface area is 131 Å². The van der Waals surface area contributed by atoms with E-state index in [4.69, 9.17) is 19.5 Å². The van der Waals surface area contributed by atoms with E-state index in [0.717, 1.165) is 0 Å². The summed E-state index contributed by atoms with van der Waals surface area (Å²) in [5.41, 5.74) is 0.497. The van der Waals surface area contributed by atoms with Crippen LogP contribution in [0.1, 0.15) is 5.56 Å². The summed E-state index contributed by atoms with van der Waals surface area (Å²) in [4.78, 5) is 10.3. The van der Waals surface area contributed by atoms with Gasteiger partial charge >= 0.3 is 0 Å². The second kappa shape index (κ2) is 6.23. The third kappa shape index (κ3) is 3.32. The van der Waals surface area contributed by atoms with Crippen LogP contribution in [-0.4, -0.2) is 24.2 Å². The summed E-state index contributed by atoms with van der Waals surface area (Å²) in [5, 5.41) is 19.5. The van der Waals surface area contributed by atoms with Crippen LogP contribution in [0, 0.1) is 21.4 Å². The third-order valence-electron chi connectivity index (χ3n) is 3.28. The number of nitrogens with zero attached hydrogens (tertiary/aromatic N) is 2. The Morgan fingerprint density at radius 3 is 2.74 bits per heavy atom. The molecule has 0 spiro atoms. The summed E-state index contributed by atoms with van der Waals surface area (Å²) in [5.74, 6) is 1.42. The van der Waals surface area contributed by atoms with Crippen molar-refractivity contribution >= 4 is 5.69 Å². The lowest BCUT2D eigenvalue weighted by Crippen LogP contribution is -2.34. The van der Waals surface area contributed by atoms with Gasteiger partial charge < -0.3 is 14.2 Å². The Hall–Kier alpha value is -3.27. The Balaban J connectivity index is 1.63. The molecule has 0 aromatic heterocycles. The number of hydrogen-bond acceptors (Lipinski definition) is 6. The van der Waals surface area contributed by atoms with Gasteiger partial charge in [0.1, 0.15) is 19.0 Å². The molecule has 1 aliphatic heterocycles. The normalized spacial score (nSPS) is 15.5. The van der Waals surface area contributed by atoms with Gasteiger partial charge in [-0.05, 0) is 30.3 Å². The van der Waals surface area contributed by atoms with E-state index in [9.17, 15) is 10.1 Å². The van der Waals surface area contributed by atoms with E-state index in [1.54, 1.807) is 24.3 Å². The van der Waals surface area contributed by atoms with Crippen LogP contribution in [0.4, 0.5) is 5.69 Å². The lowest BCUT2D eigenvalue weighted by atomic mass is 10.2. The molecule has 23 heavy (non-hydrogen) atoms. The number of nitro groups is 1. The number of hydrogen-bond donors (Lipinski definition) is 0. The van der Waals surface area contributed by atoms with Crippen molar-refractivity contribution in [3.63, 3.8) is 0 Å². The van der Waals surface area contributed by atoms with Gasteiger partial charge in [-0.25, -0.2) is 0 Å². The van der Waals surface area contributed by atoms with Crippen molar-refractivity contribution in [2.24, 2.45) is 0 Å². The quantitative estimate of drug-likeness (QED) is 0.636. The summed E-state index contributed by atoms with van der Waals surface area (Å²) >= 11 is 0. The minimum atomic E-state index is -0.486. The van der Waals surface area contributed by atoms with Crippen LogP contribution in [0.5, 0.6) is 17.2 Å². The van der Waals surface area contributed by atoms with E-state index in [2.05, 4.69) is 0 Å². The molecule has 2 aromatic carbocycles. The molecule has 7 heteroatoms. The lowest BCUT2D eigenvalue weighted by molar-refractivity contribution is -0.385. The first kappa shape index (κ1) is 14.7. The average Bonchev–Trinajstić information content (AvgIpc) is 2.59. The number of nitro benzene ring substituents is 1. The topological polar surface area (TPSA) is 94.6 Å². The molecule has 0 saturated heterocycles. The fraction of sp³-hybridized carbons (Fsp3) is 0.188. The highest BCUT2D eigenvalue weighted by atomic mass is 16.6. The average molecular weight is 312 g/mol. The van der Waals surface area contributed by atoms with Crippen molar-refractivity contribution in [3.8, 4) is 23.3 Å². The Kier molecular flexibility index (Phi) is 3.97. The fourth-order valence-electron chi connectivity index (χ4n) is 2.11. The molecule has 2 aromatic rings. The SMILES string of the molecule is N#Cc1ccc(OCC2COc3ccc([N+](=O)[O-])cc3O2)cc1. The van der Waals surface area contributed by atoms with E-state index >= 15 is 0 Å². The minimum absolute atomic E-state index is 0.0546. The van der Waals surface area contributed by atoms with Crippen LogP contribution < -0.4 is 14.2 Å². The lowest BCUT2D eigenvalue weighted by Gasteiger charge is -2.26. The number of non-ortho nitro benzene ring substituents is 1. The maximum absolute atomic E-state index is 10.8. The maximum atomic E-state index is 10.8. The summed E-state index contributed by atoms with van der Waals surface area (Å²) in [6.07, 6.45) is -0.375. The zero-order chi connectivity index (χ0) is 16.2. The molecular weight excluding hydrogens is 300 g/mol. The van der Waals surface area contributed by atoms with Crippen molar-refractivity contribution in [1.29, 1.82) is 5.26 Å². The van der Waals surface area contributed by atoms with Crippen LogP contribution in [0.2, 0.25) is 0 Å². The predicted octanol–water partition coefficient (Wildman–Crippen LogP) is 2.69. The molecule has 0 radical (unpaired) electrons. The van der Waals surface area contributed by atoms with Gasteiger partial charge in [0.05, 0.1) is 22.6 Å². The molecular formula is C16H12N2O5. The Morgan fingerprint density at radius 1 is 1.26 bits per heavy atom. The highest BCUT2D eigenvalue weighted by Crippen LogP contribution is 2.35. The van der Waals surface area contributed by atoms with Crippen molar-refractivity contribution < 1.29 is 19.1 Å². The molecule has 116 valence electrons. The second-order valence-corrected chi connectivity index (χ2v) is 4.89. The van der Waals surface area contributed by atoms with Gasteiger partial charge in [0, 0.05) is 6.07 Å². The summed E-state index contributed by atoms with van der Waals surface area (Å²) < 4.78 is 16.8. The van der Waals surface area contributed by atoms with Crippen molar-refractivity contribution in [2.75, 3.05) is 13.2 Å². The van der Waals surface area contributed by atoms with E-state index in [-0.39, 0.29) is 18.4 Å². The van der Waals surface area contributed by atoms with Crippen LogP contribution in [-0.2, 0) is 0 Å². The van der Waals surface area contributed by atoms with Crippen molar-refractivity contribution in [1.82, 2.24) is 0 Å². The zero-order valence-electron chi connectivity index (χ0n) is 12.0. The van der Waals surface area contributed by atoms with Crippen LogP contribution in [0.3, 0.4) is 0 Å². The molecule has 0 bridgehead atoms. The third-order valence-corrected chi connectivity index (χ3v) is 3.28. The van der Waals surface area contributed by atoms with Gasteiger partial charge in [-0.2, -0.15) is 5.26 Å². The first-order chi connectivity index (χ1) is 11.2. The summed E-state index contributed by atoms with van der Waals surface area (Å²) in [6, 6.07) is 13.0. The molecule has 1 aliphatic rings. The van der Waals surface area contributed by atoms with E-state index < -0.39 is 4.92 Å². The first-order valence-electron chi connectivity index (χ1n) is 6.86. The Bertz CT molecular complexity index is 767. The molecule has 7 nitrogen and oxygen atoms in total. The molecule has 1 atom stereocenters. The summed E-state index contributed by atoms with van der Waals surface area (Å²) in [7, 11) is 0. The monoisotopic (exact) mass is 312 g/mol. The molecule has 3 rings (SSSR count). The van der Waals surface area contributed by atoms with E-state index in [0.29, 0.717) is 29.4 Å². The van der Waals surface area contributed by atoms with E-state index in [1.807, 2.05) is 6.07 Å². The standard InChI is InChI=1S/C16H12N2O5/c17-8-11-1-4-13(5-2-11)21-9-14-10-22-15-6-3-12(18(19)20)7-16(15)23-14/h1-7,14H,9-10H2. The molecule has 0 aliphatic carbocycles. The molecule has 0 fully saturated rings. The maximum Gasteiger partial charge on any atom is 0.273 e. The minimum Gasteiger partial charge on any atom is -0.490 e. The van der Waals surface area contributed by atoms with Crippen LogP contribution in [0.15, 0.2) is 42.5 Å². The first-order valence-corrected chi connectivity index (χ1v) is 6.86. The highest BCUT2D eigenvalue weighted by molar-refractivity contribution is 5.49. The highest BCUT2D eigenvalue weighted by Gasteiger charge is 2.24. The van der Waals surface area contributed by atoms with Gasteiger partial charge in [-0.15, -0.1) is 0 Å². The fourth-order valence-corrected chi connectivity index (χ4v) is 2.11. The van der Waals surface area contributed by atoms with Crippen LogP contribution >= 0.6 is 0 Å². The summed E-state index contributed by atoms with van der Waals surface area (Å²) in [6.45, 7) is 0.523. The number of ether oxygens (including phenoxy) is 3. The van der Waals surface area contributed by atoms with Crippen molar-refractivity contribution in [3.05, 3.63) is 58.1 Å². The molecule has 0 N–H and O–H groups in total. The van der Waals surface area contributed by atoms with Gasteiger partial charge in [-0.1, -0.05) is 0 Å². The molecule has 0 amide bonds. The van der Waals surface area contributed by atoms with Gasteiger partial charge in [0.15, 0.2) is 17.6 Å². The number of benzene rings is 2. The number of fused-ring (bicyclic) bond motifs is 1.